The Labute approximate surface area is 174 Å². The molecule has 6 nitrogen and oxygen atoms in total. The maximum atomic E-state index is 12.6. The van der Waals surface area contributed by atoms with E-state index < -0.39 is 0 Å². The van der Waals surface area contributed by atoms with Gasteiger partial charge in [0.1, 0.15) is 0 Å². The Hall–Kier alpha value is -2.54. The van der Waals surface area contributed by atoms with Gasteiger partial charge in [0.25, 0.3) is 5.56 Å². The van der Waals surface area contributed by atoms with Crippen molar-refractivity contribution < 1.29 is 0 Å². The molecule has 1 aliphatic heterocycles. The van der Waals surface area contributed by atoms with Gasteiger partial charge in [-0.25, -0.2) is 9.97 Å². The summed E-state index contributed by atoms with van der Waals surface area (Å²) in [4.78, 5) is 29.9. The van der Waals surface area contributed by atoms with E-state index in [1.807, 2.05) is 23.5 Å². The molecule has 5 rings (SSSR count). The fourth-order valence-corrected chi connectivity index (χ4v) is 5.50. The second kappa shape index (κ2) is 8.06. The van der Waals surface area contributed by atoms with Crippen molar-refractivity contribution in [1.82, 2.24) is 19.5 Å². The molecule has 1 fully saturated rings. The molecule has 150 valence electrons. The molecule has 1 saturated heterocycles. The largest absolute Gasteiger partial charge is 0.348 e. The van der Waals surface area contributed by atoms with Gasteiger partial charge in [-0.2, -0.15) is 0 Å². The van der Waals surface area contributed by atoms with Crippen molar-refractivity contribution in [3.05, 3.63) is 57.8 Å². The van der Waals surface area contributed by atoms with E-state index in [1.165, 1.54) is 35.0 Å². The van der Waals surface area contributed by atoms with Crippen LogP contribution in [0, 0.1) is 5.92 Å². The van der Waals surface area contributed by atoms with Gasteiger partial charge in [-0.1, -0.05) is 0 Å². The van der Waals surface area contributed by atoms with E-state index in [1.54, 1.807) is 29.4 Å². The summed E-state index contributed by atoms with van der Waals surface area (Å²) in [5.41, 5.74) is 2.98. The highest BCUT2D eigenvalue weighted by molar-refractivity contribution is 7.15. The molecular formula is C22H25N5OS. The van der Waals surface area contributed by atoms with Crippen LogP contribution in [0.25, 0.3) is 11.3 Å². The Morgan fingerprint density at radius 3 is 2.66 bits per heavy atom. The monoisotopic (exact) mass is 407 g/mol. The van der Waals surface area contributed by atoms with Crippen LogP contribution in [0.3, 0.4) is 0 Å². The first-order valence-corrected chi connectivity index (χ1v) is 11.3. The minimum absolute atomic E-state index is 0.0156. The molecule has 0 aromatic carbocycles. The quantitative estimate of drug-likeness (QED) is 0.662. The lowest BCUT2D eigenvalue weighted by Gasteiger charge is -2.32. The zero-order valence-corrected chi connectivity index (χ0v) is 17.3. The smallest absolute Gasteiger partial charge is 0.253 e. The van der Waals surface area contributed by atoms with Gasteiger partial charge in [-0.15, -0.1) is 11.3 Å². The van der Waals surface area contributed by atoms with Crippen LogP contribution in [-0.2, 0) is 19.4 Å². The summed E-state index contributed by atoms with van der Waals surface area (Å²) < 4.78 is 1.76. The Bertz CT molecular complexity index is 1010. The van der Waals surface area contributed by atoms with Crippen LogP contribution in [0.5, 0.6) is 0 Å². The first-order valence-electron chi connectivity index (χ1n) is 10.5. The molecule has 0 unspecified atom stereocenters. The summed E-state index contributed by atoms with van der Waals surface area (Å²) in [6.45, 7) is 2.79. The Kier molecular flexibility index (Phi) is 5.14. The highest BCUT2D eigenvalue weighted by Gasteiger charge is 2.24. The van der Waals surface area contributed by atoms with Crippen LogP contribution >= 0.6 is 11.3 Å². The maximum absolute atomic E-state index is 12.6. The predicted molar refractivity (Wildman–Crippen MR) is 115 cm³/mol. The molecule has 0 atom stereocenters. The highest BCUT2D eigenvalue weighted by Crippen LogP contribution is 2.33. The van der Waals surface area contributed by atoms with Gasteiger partial charge in [0, 0.05) is 48.5 Å². The van der Waals surface area contributed by atoms with Gasteiger partial charge in [0.2, 0.25) is 0 Å². The van der Waals surface area contributed by atoms with E-state index in [-0.39, 0.29) is 5.56 Å². The van der Waals surface area contributed by atoms with E-state index in [4.69, 9.17) is 4.98 Å². The number of hydrogen-bond acceptors (Lipinski definition) is 6. The molecule has 0 saturated carbocycles. The normalized spacial score (nSPS) is 17.3. The van der Waals surface area contributed by atoms with Crippen LogP contribution in [0.15, 0.2) is 41.7 Å². The zero-order chi connectivity index (χ0) is 19.6. The van der Waals surface area contributed by atoms with Crippen molar-refractivity contribution in [2.24, 2.45) is 5.92 Å². The molecule has 7 heteroatoms. The molecule has 0 radical (unpaired) electrons. The lowest BCUT2D eigenvalue weighted by molar-refractivity contribution is 0.351. The third-order valence-corrected chi connectivity index (χ3v) is 7.25. The minimum Gasteiger partial charge on any atom is -0.348 e. The third-order valence-electron chi connectivity index (χ3n) is 6.03. The summed E-state index contributed by atoms with van der Waals surface area (Å²) in [6.07, 6.45) is 12.2. The number of rotatable bonds is 4. The Morgan fingerprint density at radius 1 is 1.10 bits per heavy atom. The molecule has 0 bridgehead atoms. The minimum atomic E-state index is 0.0156. The molecule has 2 aliphatic rings. The van der Waals surface area contributed by atoms with Gasteiger partial charge in [-0.3, -0.25) is 14.3 Å². The van der Waals surface area contributed by atoms with E-state index in [9.17, 15) is 4.79 Å². The highest BCUT2D eigenvalue weighted by atomic mass is 32.1. The molecule has 29 heavy (non-hydrogen) atoms. The van der Waals surface area contributed by atoms with Gasteiger partial charge >= 0.3 is 0 Å². The van der Waals surface area contributed by atoms with Crippen molar-refractivity contribution in [2.45, 2.75) is 45.1 Å². The lowest BCUT2D eigenvalue weighted by Crippen LogP contribution is -2.36. The SMILES string of the molecule is O=c1cc(-c2ccncc2)ncn1CC1CCN(c2nc3c(s2)CCCC3)CC1. The van der Waals surface area contributed by atoms with Crippen LogP contribution in [0.2, 0.25) is 0 Å². The van der Waals surface area contributed by atoms with E-state index in [2.05, 4.69) is 14.9 Å². The number of thiazole rings is 1. The second-order valence-electron chi connectivity index (χ2n) is 8.00. The summed E-state index contributed by atoms with van der Waals surface area (Å²) in [5, 5.41) is 1.20. The van der Waals surface area contributed by atoms with Crippen molar-refractivity contribution in [3.63, 3.8) is 0 Å². The molecule has 3 aromatic heterocycles. The van der Waals surface area contributed by atoms with Crippen molar-refractivity contribution in [1.29, 1.82) is 0 Å². The van der Waals surface area contributed by atoms with Crippen molar-refractivity contribution >= 4 is 16.5 Å². The average Bonchev–Trinajstić information content (AvgIpc) is 3.20. The van der Waals surface area contributed by atoms with Crippen LogP contribution < -0.4 is 10.5 Å². The Morgan fingerprint density at radius 2 is 1.90 bits per heavy atom. The molecule has 0 spiro atoms. The number of aryl methyl sites for hydroxylation is 2. The second-order valence-corrected chi connectivity index (χ2v) is 9.07. The number of aromatic nitrogens is 4. The van der Waals surface area contributed by atoms with Gasteiger partial charge in [-0.05, 0) is 56.6 Å². The molecular weight excluding hydrogens is 382 g/mol. The van der Waals surface area contributed by atoms with Crippen molar-refractivity contribution in [2.75, 3.05) is 18.0 Å². The average molecular weight is 408 g/mol. The fraction of sp³-hybridized carbons (Fsp3) is 0.455. The maximum Gasteiger partial charge on any atom is 0.253 e. The molecule has 0 amide bonds. The van der Waals surface area contributed by atoms with Crippen molar-refractivity contribution in [3.8, 4) is 11.3 Å². The summed E-state index contributed by atoms with van der Waals surface area (Å²) in [7, 11) is 0. The predicted octanol–water partition coefficient (Wildman–Crippen LogP) is 3.56. The summed E-state index contributed by atoms with van der Waals surface area (Å²) >= 11 is 1.89. The standard InChI is InChI=1S/C22H25N5OS/c28-21-13-19(17-5-9-23-10-6-17)24-15-27(21)14-16-7-11-26(12-8-16)22-25-18-3-1-2-4-20(18)29-22/h5-6,9-10,13,15-16H,1-4,7-8,11-12,14H2. The number of anilines is 1. The van der Waals surface area contributed by atoms with E-state index in [0.29, 0.717) is 11.6 Å². The first-order chi connectivity index (χ1) is 14.3. The number of piperidine rings is 1. The van der Waals surface area contributed by atoms with Gasteiger partial charge in [0.05, 0.1) is 17.7 Å². The molecule has 1 aliphatic carbocycles. The van der Waals surface area contributed by atoms with Crippen LogP contribution in [0.1, 0.15) is 36.3 Å². The number of nitrogens with zero attached hydrogens (tertiary/aromatic N) is 5. The number of pyridine rings is 1. The molecule has 4 heterocycles. The molecule has 0 N–H and O–H groups in total. The topological polar surface area (TPSA) is 63.9 Å². The van der Waals surface area contributed by atoms with Gasteiger partial charge in [0.15, 0.2) is 5.13 Å². The summed E-state index contributed by atoms with van der Waals surface area (Å²) in [6, 6.07) is 5.38. The lowest BCUT2D eigenvalue weighted by atomic mass is 9.97. The van der Waals surface area contributed by atoms with E-state index >= 15 is 0 Å². The first kappa shape index (κ1) is 18.5. The van der Waals surface area contributed by atoms with E-state index in [0.717, 1.165) is 44.5 Å². The fourth-order valence-electron chi connectivity index (χ4n) is 4.30. The summed E-state index contributed by atoms with van der Waals surface area (Å²) in [5.74, 6) is 0.507. The third kappa shape index (κ3) is 3.96. The van der Waals surface area contributed by atoms with Crippen LogP contribution in [0.4, 0.5) is 5.13 Å². The zero-order valence-electron chi connectivity index (χ0n) is 16.5. The Balaban J connectivity index is 1.22. The van der Waals surface area contributed by atoms with Crippen LogP contribution in [-0.4, -0.2) is 32.6 Å². The number of fused-ring (bicyclic) bond motifs is 1. The molecule has 3 aromatic rings. The van der Waals surface area contributed by atoms with Gasteiger partial charge < -0.3 is 4.90 Å². The number of hydrogen-bond donors (Lipinski definition) is 0.